The van der Waals surface area contributed by atoms with Crippen LogP contribution in [0.3, 0.4) is 0 Å². The summed E-state index contributed by atoms with van der Waals surface area (Å²) in [6, 6.07) is 5.12. The molecule has 19 heavy (non-hydrogen) atoms. The van der Waals surface area contributed by atoms with Crippen LogP contribution in [0.4, 0.5) is 4.39 Å². The lowest BCUT2D eigenvalue weighted by Crippen LogP contribution is -2.45. The van der Waals surface area contributed by atoms with E-state index >= 15 is 0 Å². The normalized spacial score (nSPS) is 18.3. The lowest BCUT2D eigenvalue weighted by molar-refractivity contribution is 0.171. The van der Waals surface area contributed by atoms with Crippen LogP contribution in [0.25, 0.3) is 0 Å². The average Bonchev–Trinajstić information content (AvgIpc) is 2.40. The van der Waals surface area contributed by atoms with E-state index in [1.807, 2.05) is 6.92 Å². The van der Waals surface area contributed by atoms with Gasteiger partial charge in [-0.15, -0.1) is 6.58 Å². The molecule has 1 heterocycles. The van der Waals surface area contributed by atoms with Crippen LogP contribution in [0.1, 0.15) is 24.9 Å². The maximum Gasteiger partial charge on any atom is 0.123 e. The second kappa shape index (κ2) is 6.64. The molecule has 104 valence electrons. The fourth-order valence-electron chi connectivity index (χ4n) is 2.53. The Morgan fingerprint density at radius 3 is 2.79 bits per heavy atom. The molecule has 0 amide bonds. The Labute approximate surface area is 122 Å². The van der Waals surface area contributed by atoms with E-state index in [0.717, 1.165) is 48.2 Å². The van der Waals surface area contributed by atoms with Gasteiger partial charge in [-0.2, -0.15) is 0 Å². The van der Waals surface area contributed by atoms with Gasteiger partial charge < -0.3 is 5.32 Å². The van der Waals surface area contributed by atoms with Crippen molar-refractivity contribution in [1.29, 1.82) is 0 Å². The quantitative estimate of drug-likeness (QED) is 0.852. The molecule has 1 fully saturated rings. The molecule has 0 bridgehead atoms. The summed E-state index contributed by atoms with van der Waals surface area (Å²) in [7, 11) is 0. The van der Waals surface area contributed by atoms with E-state index < -0.39 is 0 Å². The fraction of sp³-hybridized carbons (Fsp3) is 0.467. The first-order valence-electron chi connectivity index (χ1n) is 6.62. The van der Waals surface area contributed by atoms with E-state index in [-0.39, 0.29) is 11.9 Å². The van der Waals surface area contributed by atoms with Crippen LogP contribution in [0, 0.1) is 5.82 Å². The zero-order chi connectivity index (χ0) is 13.8. The lowest BCUT2D eigenvalue weighted by atomic mass is 9.98. The number of benzene rings is 1. The molecule has 0 aromatic heterocycles. The first kappa shape index (κ1) is 14.7. The van der Waals surface area contributed by atoms with Crippen LogP contribution in [0.15, 0.2) is 34.8 Å². The van der Waals surface area contributed by atoms with Gasteiger partial charge in [-0.1, -0.05) is 21.5 Å². The second-order valence-corrected chi connectivity index (χ2v) is 5.98. The molecule has 4 heteroatoms. The highest BCUT2D eigenvalue weighted by molar-refractivity contribution is 9.10. The van der Waals surface area contributed by atoms with E-state index in [0.29, 0.717) is 0 Å². The number of piperazine rings is 1. The topological polar surface area (TPSA) is 15.3 Å². The second-order valence-electron chi connectivity index (χ2n) is 5.13. The van der Waals surface area contributed by atoms with Gasteiger partial charge in [-0.3, -0.25) is 4.90 Å². The zero-order valence-corrected chi connectivity index (χ0v) is 12.8. The number of nitrogens with zero attached hydrogens (tertiary/aromatic N) is 1. The maximum atomic E-state index is 13.5. The summed E-state index contributed by atoms with van der Waals surface area (Å²) in [5.74, 6) is -0.181. The Balaban J connectivity index is 2.29. The Bertz CT molecular complexity index is 455. The molecule has 1 aromatic rings. The summed E-state index contributed by atoms with van der Waals surface area (Å²) < 4.78 is 14.5. The predicted molar refractivity (Wildman–Crippen MR) is 80.7 cm³/mol. The number of nitrogens with one attached hydrogen (secondary N) is 1. The lowest BCUT2D eigenvalue weighted by Gasteiger charge is -2.36. The van der Waals surface area contributed by atoms with Crippen molar-refractivity contribution in [2.24, 2.45) is 0 Å². The van der Waals surface area contributed by atoms with E-state index in [1.54, 1.807) is 12.1 Å². The van der Waals surface area contributed by atoms with E-state index in [9.17, 15) is 4.39 Å². The van der Waals surface area contributed by atoms with Crippen molar-refractivity contribution in [3.05, 3.63) is 46.2 Å². The van der Waals surface area contributed by atoms with Crippen molar-refractivity contribution in [2.45, 2.75) is 19.4 Å². The smallest absolute Gasteiger partial charge is 0.123 e. The predicted octanol–water partition coefficient (Wildman–Crippen LogP) is 3.50. The van der Waals surface area contributed by atoms with Gasteiger partial charge in [0, 0.05) is 36.7 Å². The number of hydrogen-bond acceptors (Lipinski definition) is 2. The van der Waals surface area contributed by atoms with Gasteiger partial charge in [0.05, 0.1) is 0 Å². The van der Waals surface area contributed by atoms with Crippen molar-refractivity contribution in [1.82, 2.24) is 10.2 Å². The summed E-state index contributed by atoms with van der Waals surface area (Å²) in [4.78, 5) is 2.41. The van der Waals surface area contributed by atoms with E-state index in [4.69, 9.17) is 0 Å². The summed E-state index contributed by atoms with van der Waals surface area (Å²) in [5.41, 5.74) is 2.14. The Morgan fingerprint density at radius 1 is 1.47 bits per heavy atom. The highest BCUT2D eigenvalue weighted by Gasteiger charge is 2.24. The first-order valence-corrected chi connectivity index (χ1v) is 7.41. The van der Waals surface area contributed by atoms with Crippen LogP contribution in [-0.4, -0.2) is 31.1 Å². The first-order chi connectivity index (χ1) is 9.08. The van der Waals surface area contributed by atoms with Gasteiger partial charge in [0.15, 0.2) is 0 Å². The average molecular weight is 327 g/mol. The molecule has 0 aliphatic carbocycles. The summed E-state index contributed by atoms with van der Waals surface area (Å²) in [6.07, 6.45) is 0.863. The van der Waals surface area contributed by atoms with Crippen LogP contribution >= 0.6 is 15.9 Å². The highest BCUT2D eigenvalue weighted by atomic mass is 79.9. The molecule has 1 saturated heterocycles. The molecule has 0 radical (unpaired) electrons. The Hall–Kier alpha value is -0.710. The van der Waals surface area contributed by atoms with Gasteiger partial charge in [0.25, 0.3) is 0 Å². The van der Waals surface area contributed by atoms with Crippen molar-refractivity contribution in [3.63, 3.8) is 0 Å². The minimum atomic E-state index is -0.181. The third-order valence-electron chi connectivity index (χ3n) is 3.45. The van der Waals surface area contributed by atoms with Crippen molar-refractivity contribution in [2.75, 3.05) is 26.2 Å². The number of hydrogen-bond donors (Lipinski definition) is 1. The minimum Gasteiger partial charge on any atom is -0.314 e. The molecule has 1 atom stereocenters. The SMILES string of the molecule is C=C(C)C[C@@H](c1cc(F)ccc1Br)N1CCNCC1. The van der Waals surface area contributed by atoms with Gasteiger partial charge >= 0.3 is 0 Å². The monoisotopic (exact) mass is 326 g/mol. The minimum absolute atomic E-state index is 0.181. The molecular formula is C15H20BrFN2. The molecule has 1 N–H and O–H groups in total. The molecular weight excluding hydrogens is 307 g/mol. The molecule has 0 unspecified atom stereocenters. The molecule has 1 aromatic carbocycles. The van der Waals surface area contributed by atoms with Crippen molar-refractivity contribution in [3.8, 4) is 0 Å². The van der Waals surface area contributed by atoms with Gasteiger partial charge in [-0.25, -0.2) is 4.39 Å². The van der Waals surface area contributed by atoms with Crippen LogP contribution in [0.2, 0.25) is 0 Å². The van der Waals surface area contributed by atoms with E-state index in [1.165, 1.54) is 6.07 Å². The van der Waals surface area contributed by atoms with Gasteiger partial charge in [0.1, 0.15) is 5.82 Å². The fourth-order valence-corrected chi connectivity index (χ4v) is 3.04. The van der Waals surface area contributed by atoms with Crippen LogP contribution in [0.5, 0.6) is 0 Å². The summed E-state index contributed by atoms with van der Waals surface area (Å²) >= 11 is 3.55. The molecule has 1 aliphatic rings. The standard InChI is InChI=1S/C15H20BrFN2/c1-11(2)9-15(19-7-5-18-6-8-19)13-10-12(17)3-4-14(13)16/h3-4,10,15,18H,1,5-9H2,2H3/t15-/m0/s1. The van der Waals surface area contributed by atoms with Gasteiger partial charge in [0.2, 0.25) is 0 Å². The molecule has 0 saturated carbocycles. The number of rotatable bonds is 4. The van der Waals surface area contributed by atoms with Crippen molar-refractivity contribution < 1.29 is 4.39 Å². The summed E-state index contributed by atoms with van der Waals surface area (Å²) in [5, 5.41) is 3.35. The van der Waals surface area contributed by atoms with Gasteiger partial charge in [-0.05, 0) is 37.1 Å². The largest absolute Gasteiger partial charge is 0.314 e. The van der Waals surface area contributed by atoms with E-state index in [2.05, 4.69) is 32.7 Å². The summed E-state index contributed by atoms with van der Waals surface area (Å²) in [6.45, 7) is 9.99. The number of halogens is 2. The molecule has 2 nitrogen and oxygen atoms in total. The highest BCUT2D eigenvalue weighted by Crippen LogP contribution is 2.33. The molecule has 1 aliphatic heterocycles. The Kier molecular flexibility index (Phi) is 5.13. The third-order valence-corrected chi connectivity index (χ3v) is 4.17. The van der Waals surface area contributed by atoms with Crippen molar-refractivity contribution >= 4 is 15.9 Å². The third kappa shape index (κ3) is 3.88. The molecule has 0 spiro atoms. The zero-order valence-electron chi connectivity index (χ0n) is 11.3. The molecule has 2 rings (SSSR count). The van der Waals surface area contributed by atoms with Crippen LogP contribution in [-0.2, 0) is 0 Å². The van der Waals surface area contributed by atoms with Crippen LogP contribution < -0.4 is 5.32 Å². The maximum absolute atomic E-state index is 13.5. The Morgan fingerprint density at radius 2 is 2.16 bits per heavy atom.